The first kappa shape index (κ1) is 27.9. The van der Waals surface area contributed by atoms with Crippen LogP contribution in [0.3, 0.4) is 0 Å². The normalized spacial score (nSPS) is 12.3. The zero-order chi connectivity index (χ0) is 29.1. The van der Waals surface area contributed by atoms with E-state index in [2.05, 4.69) is 16.7 Å². The molecule has 2 heterocycles. The van der Waals surface area contributed by atoms with Gasteiger partial charge in [0.2, 0.25) is 11.8 Å². The lowest BCUT2D eigenvalue weighted by Crippen LogP contribution is -2.33. The number of hydrogen-bond acceptors (Lipinski definition) is 7. The molecule has 1 aromatic heterocycles. The molecule has 0 unspecified atom stereocenters. The summed E-state index contributed by atoms with van der Waals surface area (Å²) in [5.41, 5.74) is 2.14. The van der Waals surface area contributed by atoms with E-state index in [4.69, 9.17) is 0 Å². The van der Waals surface area contributed by atoms with Crippen LogP contribution in [0.25, 0.3) is 10.8 Å². The van der Waals surface area contributed by atoms with Crippen LogP contribution >= 0.6 is 23.1 Å². The van der Waals surface area contributed by atoms with E-state index >= 15 is 0 Å². The highest BCUT2D eigenvalue weighted by Crippen LogP contribution is 2.37. The molecule has 11 heteroatoms. The molecule has 0 saturated heterocycles. The molecule has 3 aromatic carbocycles. The van der Waals surface area contributed by atoms with Gasteiger partial charge < -0.3 is 20.6 Å². The fourth-order valence-corrected chi connectivity index (χ4v) is 6.75. The maximum atomic E-state index is 13.2. The SMILES string of the molecule is CC(=O)N1CCc2c(sc(NC(=O)CSc3cccc(NC(=O)c4cccc5cccc(C(=O)O)c45)c3)c2C#N)C1. The third-order valence-corrected chi connectivity index (χ3v) is 8.83. The molecular formula is C30H24N4O5S2. The number of amides is 3. The maximum Gasteiger partial charge on any atom is 0.336 e. The first-order valence-electron chi connectivity index (χ1n) is 12.6. The minimum Gasteiger partial charge on any atom is -0.478 e. The summed E-state index contributed by atoms with van der Waals surface area (Å²) in [6.07, 6.45) is 0.577. The highest BCUT2D eigenvalue weighted by molar-refractivity contribution is 8.00. The molecule has 0 aliphatic carbocycles. The van der Waals surface area contributed by atoms with Crippen LogP contribution in [0.2, 0.25) is 0 Å². The van der Waals surface area contributed by atoms with Gasteiger partial charge >= 0.3 is 5.97 Å². The maximum absolute atomic E-state index is 13.2. The average molecular weight is 585 g/mol. The molecule has 0 bridgehead atoms. The summed E-state index contributed by atoms with van der Waals surface area (Å²) in [4.78, 5) is 52.8. The Bertz CT molecular complexity index is 1750. The molecule has 3 N–H and O–H groups in total. The van der Waals surface area contributed by atoms with Crippen molar-refractivity contribution in [2.75, 3.05) is 22.9 Å². The quantitative estimate of drug-likeness (QED) is 0.249. The summed E-state index contributed by atoms with van der Waals surface area (Å²) in [5.74, 6) is -1.78. The number of benzene rings is 3. The molecule has 0 radical (unpaired) electrons. The number of anilines is 2. The average Bonchev–Trinajstić information content (AvgIpc) is 3.31. The summed E-state index contributed by atoms with van der Waals surface area (Å²) >= 11 is 2.60. The zero-order valence-electron chi connectivity index (χ0n) is 21.9. The minimum atomic E-state index is -1.12. The molecule has 3 amide bonds. The Labute approximate surface area is 243 Å². The Morgan fingerprint density at radius 1 is 1.05 bits per heavy atom. The van der Waals surface area contributed by atoms with E-state index in [0.29, 0.717) is 46.5 Å². The second-order valence-electron chi connectivity index (χ2n) is 9.34. The van der Waals surface area contributed by atoms with Crippen molar-refractivity contribution in [2.24, 2.45) is 0 Å². The standard InChI is InChI=1S/C30H24N4O5S2/c1-17(35)34-12-11-21-24(14-31)29(41-25(21)15-34)33-26(36)16-40-20-8-4-7-19(13-20)32-28(37)22-9-2-5-18-6-3-10-23(27(18)22)30(38)39/h2-10,13H,11-12,15-16H2,1H3,(H,32,37)(H,33,36)(H,38,39). The topological polar surface area (TPSA) is 140 Å². The van der Waals surface area contributed by atoms with Crippen molar-refractivity contribution in [1.29, 1.82) is 5.26 Å². The van der Waals surface area contributed by atoms with E-state index in [1.807, 2.05) is 6.07 Å². The van der Waals surface area contributed by atoms with Crippen LogP contribution in [0.5, 0.6) is 0 Å². The first-order valence-corrected chi connectivity index (χ1v) is 14.4. The Morgan fingerprint density at radius 3 is 2.49 bits per heavy atom. The van der Waals surface area contributed by atoms with Crippen LogP contribution in [-0.2, 0) is 22.6 Å². The lowest BCUT2D eigenvalue weighted by Gasteiger charge is -2.25. The van der Waals surface area contributed by atoms with Gasteiger partial charge in [0.15, 0.2) is 0 Å². The summed E-state index contributed by atoms with van der Waals surface area (Å²) in [5, 5.41) is 26.5. The van der Waals surface area contributed by atoms with Gasteiger partial charge in [0, 0.05) is 39.9 Å². The van der Waals surface area contributed by atoms with Crippen LogP contribution in [0.4, 0.5) is 10.7 Å². The lowest BCUT2D eigenvalue weighted by atomic mass is 9.98. The molecule has 0 fully saturated rings. The molecule has 0 atom stereocenters. The Kier molecular flexibility index (Phi) is 8.05. The van der Waals surface area contributed by atoms with Crippen LogP contribution in [0.1, 0.15) is 43.6 Å². The molecule has 4 aromatic rings. The molecule has 41 heavy (non-hydrogen) atoms. The van der Waals surface area contributed by atoms with Gasteiger partial charge in [0.1, 0.15) is 11.1 Å². The number of carbonyl (C=O) groups is 4. The van der Waals surface area contributed by atoms with Crippen molar-refractivity contribution in [1.82, 2.24) is 4.90 Å². The van der Waals surface area contributed by atoms with Crippen LogP contribution in [-0.4, -0.2) is 46.0 Å². The minimum absolute atomic E-state index is 0.0231. The Balaban J connectivity index is 1.25. The number of carbonyl (C=O) groups excluding carboxylic acids is 3. The van der Waals surface area contributed by atoms with Gasteiger partial charge in [-0.15, -0.1) is 23.1 Å². The number of carboxylic acid groups (broad SMARTS) is 1. The predicted molar refractivity (Wildman–Crippen MR) is 158 cm³/mol. The summed E-state index contributed by atoms with van der Waals surface area (Å²) in [6, 6.07) is 19.1. The van der Waals surface area contributed by atoms with Crippen molar-refractivity contribution in [3.63, 3.8) is 0 Å². The monoisotopic (exact) mass is 584 g/mol. The number of rotatable bonds is 7. The van der Waals surface area contributed by atoms with E-state index in [1.165, 1.54) is 36.1 Å². The van der Waals surface area contributed by atoms with Gasteiger partial charge in [-0.1, -0.05) is 30.3 Å². The second kappa shape index (κ2) is 11.8. The number of thioether (sulfide) groups is 1. The number of aromatic carboxylic acids is 1. The molecule has 9 nitrogen and oxygen atoms in total. The molecule has 0 spiro atoms. The molecule has 5 rings (SSSR count). The van der Waals surface area contributed by atoms with Crippen LogP contribution in [0, 0.1) is 11.3 Å². The molecule has 0 saturated carbocycles. The summed E-state index contributed by atoms with van der Waals surface area (Å²) in [7, 11) is 0. The Morgan fingerprint density at radius 2 is 1.78 bits per heavy atom. The molecular weight excluding hydrogens is 560 g/mol. The predicted octanol–water partition coefficient (Wildman–Crippen LogP) is 5.36. The smallest absolute Gasteiger partial charge is 0.336 e. The first-order chi connectivity index (χ1) is 19.7. The number of nitriles is 1. The van der Waals surface area contributed by atoms with Crippen molar-refractivity contribution in [2.45, 2.75) is 24.8 Å². The summed E-state index contributed by atoms with van der Waals surface area (Å²) < 4.78 is 0. The van der Waals surface area contributed by atoms with E-state index in [0.717, 1.165) is 15.3 Å². The van der Waals surface area contributed by atoms with Crippen LogP contribution in [0.15, 0.2) is 65.6 Å². The van der Waals surface area contributed by atoms with Gasteiger partial charge in [0.05, 0.1) is 23.4 Å². The van der Waals surface area contributed by atoms with Gasteiger partial charge in [-0.3, -0.25) is 14.4 Å². The second-order valence-corrected chi connectivity index (χ2v) is 11.5. The van der Waals surface area contributed by atoms with E-state index in [9.17, 15) is 29.5 Å². The Hall–Kier alpha value is -4.66. The fraction of sp³-hybridized carbons (Fsp3) is 0.167. The van der Waals surface area contributed by atoms with Gasteiger partial charge in [-0.25, -0.2) is 4.79 Å². The third-order valence-electron chi connectivity index (χ3n) is 6.71. The van der Waals surface area contributed by atoms with Gasteiger partial charge in [0.25, 0.3) is 5.91 Å². The molecule has 1 aliphatic rings. The van der Waals surface area contributed by atoms with Crippen LogP contribution < -0.4 is 10.6 Å². The number of nitrogens with zero attached hydrogens (tertiary/aromatic N) is 2. The lowest BCUT2D eigenvalue weighted by molar-refractivity contribution is -0.129. The fourth-order valence-electron chi connectivity index (χ4n) is 4.76. The van der Waals surface area contributed by atoms with Crippen molar-refractivity contribution < 1.29 is 24.3 Å². The third kappa shape index (κ3) is 5.94. The van der Waals surface area contributed by atoms with Gasteiger partial charge in [-0.05, 0) is 47.7 Å². The number of fused-ring (bicyclic) bond motifs is 2. The van der Waals surface area contributed by atoms with Crippen molar-refractivity contribution >= 4 is 68.3 Å². The van der Waals surface area contributed by atoms with Gasteiger partial charge in [-0.2, -0.15) is 5.26 Å². The van der Waals surface area contributed by atoms with Crippen molar-refractivity contribution in [3.05, 3.63) is 87.8 Å². The zero-order valence-corrected chi connectivity index (χ0v) is 23.5. The number of nitrogens with one attached hydrogen (secondary N) is 2. The molecule has 1 aliphatic heterocycles. The summed E-state index contributed by atoms with van der Waals surface area (Å²) in [6.45, 7) is 2.50. The number of carboxylic acids is 1. The van der Waals surface area contributed by atoms with E-state index in [-0.39, 0.29) is 28.7 Å². The number of thiophene rings is 1. The molecule has 206 valence electrons. The highest BCUT2D eigenvalue weighted by atomic mass is 32.2. The number of hydrogen-bond donors (Lipinski definition) is 3. The van der Waals surface area contributed by atoms with E-state index < -0.39 is 11.9 Å². The van der Waals surface area contributed by atoms with Crippen molar-refractivity contribution in [3.8, 4) is 6.07 Å². The highest BCUT2D eigenvalue weighted by Gasteiger charge is 2.26. The largest absolute Gasteiger partial charge is 0.478 e. The van der Waals surface area contributed by atoms with E-state index in [1.54, 1.807) is 53.4 Å².